The van der Waals surface area contributed by atoms with Crippen LogP contribution in [-0.2, 0) is 9.53 Å². The fraction of sp³-hybridized carbons (Fsp3) is 0.438. The number of esters is 1. The van der Waals surface area contributed by atoms with Crippen LogP contribution in [0.5, 0.6) is 5.75 Å². The van der Waals surface area contributed by atoms with E-state index in [2.05, 4.69) is 30.7 Å². The van der Waals surface area contributed by atoms with E-state index in [1.165, 1.54) is 12.7 Å². The molecule has 0 fully saturated rings. The second-order valence-electron chi connectivity index (χ2n) is 4.89. The maximum Gasteiger partial charge on any atom is 0.333 e. The summed E-state index contributed by atoms with van der Waals surface area (Å²) in [5.74, 6) is 0.960. The van der Waals surface area contributed by atoms with Gasteiger partial charge in [-0.05, 0) is 43.0 Å². The van der Waals surface area contributed by atoms with Crippen molar-refractivity contribution in [2.75, 3.05) is 13.7 Å². The van der Waals surface area contributed by atoms with Crippen molar-refractivity contribution in [3.8, 4) is 5.75 Å². The van der Waals surface area contributed by atoms with Gasteiger partial charge in [-0.25, -0.2) is 4.79 Å². The summed E-state index contributed by atoms with van der Waals surface area (Å²) < 4.78 is 10.4. The molecular formula is C16H22O3. The number of hydrogen-bond donors (Lipinski definition) is 0. The lowest BCUT2D eigenvalue weighted by Crippen LogP contribution is -2.05. The number of carbonyl (C=O) groups excluding carboxylic acids is 1. The highest BCUT2D eigenvalue weighted by molar-refractivity contribution is 5.87. The Hall–Kier alpha value is -1.77. The molecule has 3 heteroatoms. The minimum absolute atomic E-state index is 0.322. The highest BCUT2D eigenvalue weighted by Gasteiger charge is 2.08. The minimum atomic E-state index is -0.322. The lowest BCUT2D eigenvalue weighted by Gasteiger charge is -2.14. The Morgan fingerprint density at radius 1 is 1.37 bits per heavy atom. The van der Waals surface area contributed by atoms with Gasteiger partial charge in [0.25, 0.3) is 0 Å². The average Bonchev–Trinajstić information content (AvgIpc) is 2.37. The molecule has 1 rings (SSSR count). The smallest absolute Gasteiger partial charge is 0.333 e. The molecule has 0 radical (unpaired) electrons. The first-order valence-corrected chi connectivity index (χ1v) is 6.44. The van der Waals surface area contributed by atoms with E-state index in [0.29, 0.717) is 18.1 Å². The van der Waals surface area contributed by atoms with Crippen LogP contribution in [0.15, 0.2) is 29.8 Å². The first-order chi connectivity index (χ1) is 8.95. The Morgan fingerprint density at radius 2 is 2.05 bits per heavy atom. The third-order valence-electron chi connectivity index (χ3n) is 2.93. The highest BCUT2D eigenvalue weighted by atomic mass is 16.5. The molecule has 0 heterocycles. The van der Waals surface area contributed by atoms with Crippen molar-refractivity contribution in [3.05, 3.63) is 41.0 Å². The number of carbonyl (C=O) groups is 1. The predicted molar refractivity (Wildman–Crippen MR) is 76.5 cm³/mol. The minimum Gasteiger partial charge on any atom is -0.489 e. The molecular weight excluding hydrogens is 240 g/mol. The van der Waals surface area contributed by atoms with Gasteiger partial charge in [-0.1, -0.05) is 26.0 Å². The van der Waals surface area contributed by atoms with Gasteiger partial charge in [0.2, 0.25) is 0 Å². The molecule has 0 atom stereocenters. The van der Waals surface area contributed by atoms with Crippen molar-refractivity contribution in [2.45, 2.75) is 33.6 Å². The van der Waals surface area contributed by atoms with Crippen LogP contribution in [0.1, 0.15) is 37.8 Å². The number of rotatable bonds is 5. The van der Waals surface area contributed by atoms with Crippen molar-refractivity contribution < 1.29 is 14.3 Å². The van der Waals surface area contributed by atoms with Gasteiger partial charge in [0, 0.05) is 5.57 Å². The Bertz CT molecular complexity index is 473. The molecule has 0 unspecified atom stereocenters. The van der Waals surface area contributed by atoms with Gasteiger partial charge >= 0.3 is 5.97 Å². The van der Waals surface area contributed by atoms with Crippen molar-refractivity contribution in [2.24, 2.45) is 0 Å². The Kier molecular flexibility index (Phi) is 5.61. The molecule has 0 amide bonds. The summed E-state index contributed by atoms with van der Waals surface area (Å²) in [6.45, 7) is 8.38. The second kappa shape index (κ2) is 6.98. The van der Waals surface area contributed by atoms with Gasteiger partial charge in [0.15, 0.2) is 0 Å². The summed E-state index contributed by atoms with van der Waals surface area (Å²) in [7, 11) is 1.37. The van der Waals surface area contributed by atoms with Gasteiger partial charge in [-0.15, -0.1) is 0 Å². The van der Waals surface area contributed by atoms with E-state index in [0.717, 1.165) is 11.3 Å². The molecule has 3 nitrogen and oxygen atoms in total. The normalized spacial score (nSPS) is 11.6. The maximum atomic E-state index is 11.2. The topological polar surface area (TPSA) is 35.5 Å². The predicted octanol–water partition coefficient (Wildman–Crippen LogP) is 3.62. The number of ether oxygens (including phenoxy) is 2. The van der Waals surface area contributed by atoms with E-state index >= 15 is 0 Å². The van der Waals surface area contributed by atoms with E-state index in [4.69, 9.17) is 4.74 Å². The quantitative estimate of drug-likeness (QED) is 0.600. The lowest BCUT2D eigenvalue weighted by atomic mass is 10.0. The molecule has 0 aliphatic carbocycles. The zero-order valence-corrected chi connectivity index (χ0v) is 12.3. The molecule has 104 valence electrons. The molecule has 0 saturated heterocycles. The molecule has 0 aromatic heterocycles. The van der Waals surface area contributed by atoms with Crippen LogP contribution in [0.4, 0.5) is 0 Å². The molecule has 0 bridgehead atoms. The molecule has 0 aliphatic rings. The molecule has 0 aliphatic heterocycles. The zero-order valence-electron chi connectivity index (χ0n) is 12.3. The summed E-state index contributed by atoms with van der Waals surface area (Å²) in [5, 5.41) is 0. The van der Waals surface area contributed by atoms with Gasteiger partial charge in [-0.3, -0.25) is 0 Å². The Labute approximate surface area is 115 Å². The van der Waals surface area contributed by atoms with Gasteiger partial charge < -0.3 is 9.47 Å². The lowest BCUT2D eigenvalue weighted by molar-refractivity contribution is -0.136. The van der Waals surface area contributed by atoms with Crippen molar-refractivity contribution in [3.63, 3.8) is 0 Å². The van der Waals surface area contributed by atoms with Crippen LogP contribution in [0.3, 0.4) is 0 Å². The first-order valence-electron chi connectivity index (χ1n) is 6.44. The fourth-order valence-electron chi connectivity index (χ4n) is 1.74. The summed E-state index contributed by atoms with van der Waals surface area (Å²) in [4.78, 5) is 11.2. The average molecular weight is 262 g/mol. The highest BCUT2D eigenvalue weighted by Crippen LogP contribution is 2.27. The Morgan fingerprint density at radius 3 is 2.63 bits per heavy atom. The van der Waals surface area contributed by atoms with Crippen LogP contribution in [0, 0.1) is 6.92 Å². The SMILES string of the molecule is COC(=O)C(C)=CCOc1cc(C)ccc1C(C)C. The van der Waals surface area contributed by atoms with Crippen molar-refractivity contribution in [1.29, 1.82) is 0 Å². The third kappa shape index (κ3) is 4.43. The van der Waals surface area contributed by atoms with Gasteiger partial charge in [-0.2, -0.15) is 0 Å². The van der Waals surface area contributed by atoms with Crippen LogP contribution in [0.25, 0.3) is 0 Å². The van der Waals surface area contributed by atoms with E-state index in [-0.39, 0.29) is 5.97 Å². The first kappa shape index (κ1) is 15.3. The van der Waals surface area contributed by atoms with E-state index in [1.54, 1.807) is 13.0 Å². The Balaban J connectivity index is 2.77. The summed E-state index contributed by atoms with van der Waals surface area (Å²) in [5.41, 5.74) is 2.89. The molecule has 0 saturated carbocycles. The molecule has 1 aromatic rings. The molecule has 0 N–H and O–H groups in total. The monoisotopic (exact) mass is 262 g/mol. The van der Waals surface area contributed by atoms with Gasteiger partial charge in [0.05, 0.1) is 7.11 Å². The number of benzene rings is 1. The van der Waals surface area contributed by atoms with Crippen LogP contribution >= 0.6 is 0 Å². The second-order valence-corrected chi connectivity index (χ2v) is 4.89. The van der Waals surface area contributed by atoms with Gasteiger partial charge in [0.1, 0.15) is 12.4 Å². The molecule has 1 aromatic carbocycles. The van der Waals surface area contributed by atoms with Crippen LogP contribution in [-0.4, -0.2) is 19.7 Å². The third-order valence-corrected chi connectivity index (χ3v) is 2.93. The van der Waals surface area contributed by atoms with Crippen molar-refractivity contribution >= 4 is 5.97 Å². The van der Waals surface area contributed by atoms with Crippen molar-refractivity contribution in [1.82, 2.24) is 0 Å². The number of hydrogen-bond acceptors (Lipinski definition) is 3. The summed E-state index contributed by atoms with van der Waals surface area (Å²) in [6, 6.07) is 6.20. The largest absolute Gasteiger partial charge is 0.489 e. The zero-order chi connectivity index (χ0) is 14.4. The summed E-state index contributed by atoms with van der Waals surface area (Å²) in [6.07, 6.45) is 1.73. The summed E-state index contributed by atoms with van der Waals surface area (Å²) >= 11 is 0. The standard InChI is InChI=1S/C16H22O3/c1-11(2)14-7-6-12(3)10-15(14)19-9-8-13(4)16(17)18-5/h6-8,10-11H,9H2,1-5H3. The molecule has 0 spiro atoms. The van der Waals surface area contributed by atoms with E-state index in [9.17, 15) is 4.79 Å². The number of methoxy groups -OCH3 is 1. The van der Waals surface area contributed by atoms with Crippen LogP contribution < -0.4 is 4.74 Å². The maximum absolute atomic E-state index is 11.2. The van der Waals surface area contributed by atoms with Crippen LogP contribution in [0.2, 0.25) is 0 Å². The molecule has 19 heavy (non-hydrogen) atoms. The van der Waals surface area contributed by atoms with E-state index in [1.807, 2.05) is 13.0 Å². The number of aryl methyl sites for hydroxylation is 1. The van der Waals surface area contributed by atoms with E-state index < -0.39 is 0 Å². The fourth-order valence-corrected chi connectivity index (χ4v) is 1.74.